The maximum Gasteiger partial charge on any atom is 0.238 e. The smallest absolute Gasteiger partial charge is 0.238 e. The molecule has 1 atom stereocenters. The fourth-order valence-corrected chi connectivity index (χ4v) is 4.49. The summed E-state index contributed by atoms with van der Waals surface area (Å²) >= 11 is 13.2. The molecule has 32 heavy (non-hydrogen) atoms. The third kappa shape index (κ3) is 5.71. The van der Waals surface area contributed by atoms with Crippen molar-refractivity contribution in [1.29, 1.82) is 0 Å². The van der Waals surface area contributed by atoms with E-state index in [0.717, 1.165) is 5.56 Å². The van der Waals surface area contributed by atoms with E-state index in [1.54, 1.807) is 41.3 Å². The molecule has 1 fully saturated rings. The zero-order valence-electron chi connectivity index (χ0n) is 16.9. The normalized spacial score (nSPS) is 17.4. The Morgan fingerprint density at radius 2 is 1.59 bits per heavy atom. The molecule has 1 aliphatic heterocycles. The Bertz CT molecular complexity index is 1140. The SMILES string of the molecule is O=C(Nc1ccc(Cl)cc1)C1CC(=O)N(Cc2ccc(Cl)cc2)C(=Nc2ccccc2)S1. The van der Waals surface area contributed by atoms with Crippen molar-refractivity contribution in [3.63, 3.8) is 0 Å². The van der Waals surface area contributed by atoms with Crippen LogP contribution in [0, 0.1) is 0 Å². The lowest BCUT2D eigenvalue weighted by molar-refractivity contribution is -0.129. The number of carbonyl (C=O) groups is 2. The van der Waals surface area contributed by atoms with Gasteiger partial charge in [-0.25, -0.2) is 4.99 Å². The quantitative estimate of drug-likeness (QED) is 0.472. The van der Waals surface area contributed by atoms with Gasteiger partial charge in [-0.1, -0.05) is 65.3 Å². The number of rotatable bonds is 5. The Kier molecular flexibility index (Phi) is 7.15. The molecule has 2 amide bonds. The van der Waals surface area contributed by atoms with Crippen molar-refractivity contribution in [1.82, 2.24) is 4.90 Å². The second-order valence-electron chi connectivity index (χ2n) is 7.14. The van der Waals surface area contributed by atoms with Crippen molar-refractivity contribution in [2.45, 2.75) is 18.2 Å². The molecule has 0 aliphatic carbocycles. The first-order chi connectivity index (χ1) is 15.5. The van der Waals surface area contributed by atoms with Gasteiger partial charge in [-0.15, -0.1) is 0 Å². The van der Waals surface area contributed by atoms with E-state index in [1.807, 2.05) is 42.5 Å². The van der Waals surface area contributed by atoms with Crippen molar-refractivity contribution in [3.8, 4) is 0 Å². The second-order valence-corrected chi connectivity index (χ2v) is 9.19. The molecule has 1 saturated heterocycles. The van der Waals surface area contributed by atoms with Crippen LogP contribution in [0.2, 0.25) is 10.0 Å². The number of benzene rings is 3. The topological polar surface area (TPSA) is 61.8 Å². The molecule has 0 saturated carbocycles. The van der Waals surface area contributed by atoms with Gasteiger partial charge in [0.15, 0.2) is 5.17 Å². The number of para-hydroxylation sites is 1. The van der Waals surface area contributed by atoms with Gasteiger partial charge in [0.2, 0.25) is 11.8 Å². The monoisotopic (exact) mass is 483 g/mol. The summed E-state index contributed by atoms with van der Waals surface area (Å²) in [5, 5.41) is 3.96. The van der Waals surface area contributed by atoms with Gasteiger partial charge in [0.1, 0.15) is 5.25 Å². The van der Waals surface area contributed by atoms with E-state index in [4.69, 9.17) is 23.2 Å². The molecule has 1 N–H and O–H groups in total. The molecule has 0 spiro atoms. The molecule has 1 heterocycles. The maximum absolute atomic E-state index is 13.1. The highest BCUT2D eigenvalue weighted by molar-refractivity contribution is 8.15. The highest BCUT2D eigenvalue weighted by Crippen LogP contribution is 2.31. The fraction of sp³-hybridized carbons (Fsp3) is 0.125. The van der Waals surface area contributed by atoms with Crippen LogP contribution in [0.3, 0.4) is 0 Å². The van der Waals surface area contributed by atoms with Crippen LogP contribution >= 0.6 is 35.0 Å². The van der Waals surface area contributed by atoms with E-state index in [0.29, 0.717) is 33.1 Å². The summed E-state index contributed by atoms with van der Waals surface area (Å²) in [6.07, 6.45) is 0.0749. The van der Waals surface area contributed by atoms with Crippen LogP contribution in [0.4, 0.5) is 11.4 Å². The Hall–Kier alpha value is -2.80. The number of nitrogens with zero attached hydrogens (tertiary/aromatic N) is 2. The Balaban J connectivity index is 1.57. The lowest BCUT2D eigenvalue weighted by Crippen LogP contribution is -2.44. The third-order valence-corrected chi connectivity index (χ3v) is 6.47. The minimum atomic E-state index is -0.595. The minimum Gasteiger partial charge on any atom is -0.325 e. The van der Waals surface area contributed by atoms with Crippen molar-refractivity contribution in [3.05, 3.63) is 94.5 Å². The second kappa shape index (κ2) is 10.2. The molecule has 1 aliphatic rings. The highest BCUT2D eigenvalue weighted by atomic mass is 35.5. The van der Waals surface area contributed by atoms with E-state index in [9.17, 15) is 9.59 Å². The van der Waals surface area contributed by atoms with Crippen LogP contribution in [0.1, 0.15) is 12.0 Å². The molecule has 0 bridgehead atoms. The van der Waals surface area contributed by atoms with Crippen molar-refractivity contribution >= 4 is 63.3 Å². The van der Waals surface area contributed by atoms with Crippen LogP contribution in [0.15, 0.2) is 83.9 Å². The van der Waals surface area contributed by atoms with Crippen molar-refractivity contribution in [2.75, 3.05) is 5.32 Å². The van der Waals surface area contributed by atoms with E-state index in [2.05, 4.69) is 10.3 Å². The molecule has 162 valence electrons. The number of nitrogens with one attached hydrogen (secondary N) is 1. The summed E-state index contributed by atoms with van der Waals surface area (Å²) in [4.78, 5) is 32.3. The van der Waals surface area contributed by atoms with Crippen LogP contribution in [0.25, 0.3) is 0 Å². The molecule has 1 unspecified atom stereocenters. The van der Waals surface area contributed by atoms with E-state index >= 15 is 0 Å². The van der Waals surface area contributed by atoms with E-state index in [1.165, 1.54) is 11.8 Å². The minimum absolute atomic E-state index is 0.0749. The number of thioether (sulfide) groups is 1. The van der Waals surface area contributed by atoms with Crippen LogP contribution in [0.5, 0.6) is 0 Å². The van der Waals surface area contributed by atoms with Gasteiger partial charge in [0, 0.05) is 22.2 Å². The largest absolute Gasteiger partial charge is 0.325 e. The molecular weight excluding hydrogens is 465 g/mol. The zero-order chi connectivity index (χ0) is 22.5. The molecule has 0 aromatic heterocycles. The summed E-state index contributed by atoms with van der Waals surface area (Å²) in [5.41, 5.74) is 2.26. The molecular formula is C24H19Cl2N3O2S. The number of carbonyl (C=O) groups excluding carboxylic acids is 2. The number of aliphatic imine (C=N–C) groups is 1. The van der Waals surface area contributed by atoms with Gasteiger partial charge in [-0.2, -0.15) is 0 Å². The number of hydrogen-bond donors (Lipinski definition) is 1. The summed E-state index contributed by atoms with van der Waals surface area (Å²) in [7, 11) is 0. The number of halogens is 2. The summed E-state index contributed by atoms with van der Waals surface area (Å²) in [6.45, 7) is 0.347. The molecule has 3 aromatic rings. The average molecular weight is 484 g/mol. The molecule has 8 heteroatoms. The van der Waals surface area contributed by atoms with Crippen LogP contribution in [-0.4, -0.2) is 27.1 Å². The Morgan fingerprint density at radius 3 is 2.25 bits per heavy atom. The highest BCUT2D eigenvalue weighted by Gasteiger charge is 2.36. The van der Waals surface area contributed by atoms with Gasteiger partial charge < -0.3 is 5.32 Å². The number of hydrogen-bond acceptors (Lipinski definition) is 4. The Labute approximate surface area is 200 Å². The number of anilines is 1. The van der Waals surface area contributed by atoms with Crippen molar-refractivity contribution < 1.29 is 9.59 Å². The van der Waals surface area contributed by atoms with E-state index in [-0.39, 0.29) is 18.2 Å². The summed E-state index contributed by atoms with van der Waals surface area (Å²) in [6, 6.07) is 23.5. The summed E-state index contributed by atoms with van der Waals surface area (Å²) < 4.78 is 0. The lowest BCUT2D eigenvalue weighted by Gasteiger charge is -2.32. The van der Waals surface area contributed by atoms with Gasteiger partial charge >= 0.3 is 0 Å². The first-order valence-corrected chi connectivity index (χ1v) is 11.5. The van der Waals surface area contributed by atoms with Gasteiger partial charge in [-0.3, -0.25) is 14.5 Å². The molecule has 0 radical (unpaired) electrons. The zero-order valence-corrected chi connectivity index (χ0v) is 19.2. The number of amidine groups is 1. The molecule has 4 rings (SSSR count). The molecule has 3 aromatic carbocycles. The summed E-state index contributed by atoms with van der Waals surface area (Å²) in [5.74, 6) is -0.415. The number of amides is 2. The average Bonchev–Trinajstić information content (AvgIpc) is 2.79. The van der Waals surface area contributed by atoms with Gasteiger partial charge in [-0.05, 0) is 54.1 Å². The third-order valence-electron chi connectivity index (χ3n) is 4.78. The first-order valence-electron chi connectivity index (χ1n) is 9.89. The molecule has 5 nitrogen and oxygen atoms in total. The van der Waals surface area contributed by atoms with Gasteiger partial charge in [0.25, 0.3) is 0 Å². The van der Waals surface area contributed by atoms with Crippen LogP contribution in [-0.2, 0) is 16.1 Å². The first kappa shape index (κ1) is 22.4. The Morgan fingerprint density at radius 1 is 0.969 bits per heavy atom. The predicted molar refractivity (Wildman–Crippen MR) is 132 cm³/mol. The predicted octanol–water partition coefficient (Wildman–Crippen LogP) is 6.15. The lowest BCUT2D eigenvalue weighted by atomic mass is 10.2. The maximum atomic E-state index is 13.1. The fourth-order valence-electron chi connectivity index (χ4n) is 3.14. The van der Waals surface area contributed by atoms with Gasteiger partial charge in [0.05, 0.1) is 12.2 Å². The van der Waals surface area contributed by atoms with Crippen molar-refractivity contribution in [2.24, 2.45) is 4.99 Å². The van der Waals surface area contributed by atoms with E-state index < -0.39 is 5.25 Å². The standard InChI is InChI=1S/C24H19Cl2N3O2S/c25-17-8-6-16(7-9-17)15-29-22(30)14-21(23(31)27-20-12-10-18(26)11-13-20)32-24(29)28-19-4-2-1-3-5-19/h1-13,21H,14-15H2,(H,27,31). The van der Waals surface area contributed by atoms with Crippen LogP contribution < -0.4 is 5.32 Å².